The number of β-amino-alcohol motifs (C(OH)–C–C–N with tert-alkyl or cyclic N) is 1. The lowest BCUT2D eigenvalue weighted by Crippen LogP contribution is -2.29. The number of aliphatic hydroxyl groups is 1. The van der Waals surface area contributed by atoms with Crippen molar-refractivity contribution < 1.29 is 14.4 Å². The molecule has 1 aliphatic heterocycles. The van der Waals surface area contributed by atoms with E-state index in [1.165, 1.54) is 6.92 Å². The van der Waals surface area contributed by atoms with E-state index < -0.39 is 12.1 Å². The minimum atomic E-state index is -0.592. The van der Waals surface area contributed by atoms with Gasteiger partial charge in [0.25, 0.3) is 0 Å². The lowest BCUT2D eigenvalue weighted by atomic mass is 10.2. The van der Waals surface area contributed by atoms with E-state index >= 15 is 0 Å². The molecule has 1 saturated heterocycles. The highest BCUT2D eigenvalue weighted by Gasteiger charge is 2.37. The van der Waals surface area contributed by atoms with Crippen LogP contribution in [0.15, 0.2) is 53.4 Å². The van der Waals surface area contributed by atoms with Crippen LogP contribution in [-0.2, 0) is 4.79 Å². The van der Waals surface area contributed by atoms with Crippen LogP contribution in [-0.4, -0.2) is 53.2 Å². The Morgan fingerprint density at radius 3 is 2.86 bits per heavy atom. The van der Waals surface area contributed by atoms with Crippen molar-refractivity contribution in [3.8, 4) is 17.2 Å². The van der Waals surface area contributed by atoms with Crippen LogP contribution >= 0.6 is 0 Å². The summed E-state index contributed by atoms with van der Waals surface area (Å²) in [7, 11) is 0. The Hall–Kier alpha value is -3.59. The van der Waals surface area contributed by atoms with E-state index in [1.807, 2.05) is 41.0 Å². The third-order valence-electron chi connectivity index (χ3n) is 5.12. The normalized spacial score (nSPS) is 19.2. The Morgan fingerprint density at radius 2 is 2.07 bits per heavy atom. The summed E-state index contributed by atoms with van der Waals surface area (Å²) in [5, 5.41) is 13.9. The third-order valence-corrected chi connectivity index (χ3v) is 5.12. The highest BCUT2D eigenvalue weighted by Crippen LogP contribution is 2.32. The molecule has 0 bridgehead atoms. The summed E-state index contributed by atoms with van der Waals surface area (Å²) in [6.07, 6.45) is 3.20. The number of benzene rings is 1. The fourth-order valence-electron chi connectivity index (χ4n) is 3.69. The zero-order valence-electron chi connectivity index (χ0n) is 15.6. The van der Waals surface area contributed by atoms with Crippen LogP contribution in [0.4, 0.5) is 0 Å². The predicted molar refractivity (Wildman–Crippen MR) is 103 cm³/mol. The molecular formula is C20H18N6O3. The standard InChI is InChI=1S/C20H18N6O3/c1-12(27)25-10-14(28)8-17(25)20-23-19(24-29-20)13-6-7-18(21-9-13)26-11-22-15-4-2-3-5-16(15)26/h2-7,9,11,14,17,28H,8,10H2,1H3/t14-,17+/m1/s1. The van der Waals surface area contributed by atoms with Crippen molar-refractivity contribution in [3.05, 3.63) is 54.8 Å². The number of pyridine rings is 1. The Balaban J connectivity index is 1.42. The molecule has 29 heavy (non-hydrogen) atoms. The number of carbonyl (C=O) groups is 1. The van der Waals surface area contributed by atoms with E-state index in [1.54, 1.807) is 17.4 Å². The van der Waals surface area contributed by atoms with E-state index in [2.05, 4.69) is 20.1 Å². The van der Waals surface area contributed by atoms with Crippen LogP contribution in [0.1, 0.15) is 25.3 Å². The molecule has 3 aromatic heterocycles. The molecular weight excluding hydrogens is 372 g/mol. The topological polar surface area (TPSA) is 110 Å². The SMILES string of the molecule is CC(=O)N1C[C@H](O)C[C@H]1c1nc(-c2ccc(-n3cnc4ccccc43)nc2)no1. The van der Waals surface area contributed by atoms with Crippen LogP contribution in [0.3, 0.4) is 0 Å². The summed E-state index contributed by atoms with van der Waals surface area (Å²) >= 11 is 0. The van der Waals surface area contributed by atoms with Gasteiger partial charge in [0.1, 0.15) is 18.2 Å². The van der Waals surface area contributed by atoms with Crippen molar-refractivity contribution in [2.45, 2.75) is 25.5 Å². The Kier molecular flexibility index (Phi) is 4.09. The minimum absolute atomic E-state index is 0.134. The molecule has 0 unspecified atom stereocenters. The summed E-state index contributed by atoms with van der Waals surface area (Å²) in [4.78, 5) is 26.7. The number of para-hydroxylation sites is 2. The van der Waals surface area contributed by atoms with E-state index in [-0.39, 0.29) is 12.5 Å². The Labute approximate surface area is 165 Å². The number of imidazole rings is 1. The number of fused-ring (bicyclic) bond motifs is 1. The lowest BCUT2D eigenvalue weighted by Gasteiger charge is -2.19. The molecule has 0 saturated carbocycles. The van der Waals surface area contributed by atoms with E-state index in [4.69, 9.17) is 4.52 Å². The number of carbonyl (C=O) groups excluding carboxylic acids is 1. The number of aliphatic hydroxyl groups excluding tert-OH is 1. The number of hydrogen-bond donors (Lipinski definition) is 1. The second kappa shape index (κ2) is 6.78. The summed E-state index contributed by atoms with van der Waals surface area (Å²) in [6, 6.07) is 11.2. The fraction of sp³-hybridized carbons (Fsp3) is 0.250. The quantitative estimate of drug-likeness (QED) is 0.570. The molecule has 0 radical (unpaired) electrons. The van der Waals surface area contributed by atoms with Gasteiger partial charge in [0.2, 0.25) is 17.6 Å². The van der Waals surface area contributed by atoms with Crippen LogP contribution in [0, 0.1) is 0 Å². The molecule has 4 heterocycles. The van der Waals surface area contributed by atoms with Gasteiger partial charge in [-0.05, 0) is 24.3 Å². The molecule has 0 spiro atoms. The van der Waals surface area contributed by atoms with Crippen molar-refractivity contribution in [2.24, 2.45) is 0 Å². The van der Waals surface area contributed by atoms with Gasteiger partial charge in [-0.2, -0.15) is 4.98 Å². The molecule has 2 atom stereocenters. The third kappa shape index (κ3) is 3.05. The summed E-state index contributed by atoms with van der Waals surface area (Å²) in [5.41, 5.74) is 2.56. The highest BCUT2D eigenvalue weighted by molar-refractivity contribution is 5.77. The van der Waals surface area contributed by atoms with Gasteiger partial charge in [-0.3, -0.25) is 9.36 Å². The van der Waals surface area contributed by atoms with Gasteiger partial charge in [0.05, 0.1) is 17.1 Å². The first-order valence-electron chi connectivity index (χ1n) is 9.28. The zero-order chi connectivity index (χ0) is 20.0. The molecule has 1 aromatic carbocycles. The number of likely N-dealkylation sites (tertiary alicyclic amines) is 1. The Morgan fingerprint density at radius 1 is 1.21 bits per heavy atom. The molecule has 1 fully saturated rings. The van der Waals surface area contributed by atoms with Crippen LogP contribution in [0.5, 0.6) is 0 Å². The summed E-state index contributed by atoms with van der Waals surface area (Å²) < 4.78 is 7.29. The number of aromatic nitrogens is 5. The van der Waals surface area contributed by atoms with Crippen molar-refractivity contribution in [1.82, 2.24) is 29.6 Å². The van der Waals surface area contributed by atoms with Gasteiger partial charge < -0.3 is 14.5 Å². The van der Waals surface area contributed by atoms with Gasteiger partial charge in [-0.25, -0.2) is 9.97 Å². The monoisotopic (exact) mass is 390 g/mol. The minimum Gasteiger partial charge on any atom is -0.391 e. The first kappa shape index (κ1) is 17.5. The Bertz CT molecular complexity index is 1180. The lowest BCUT2D eigenvalue weighted by molar-refractivity contribution is -0.130. The van der Waals surface area contributed by atoms with Gasteiger partial charge >= 0.3 is 0 Å². The van der Waals surface area contributed by atoms with Gasteiger partial charge in [0.15, 0.2) is 0 Å². The number of nitrogens with zero attached hydrogens (tertiary/aromatic N) is 6. The second-order valence-electron chi connectivity index (χ2n) is 7.04. The van der Waals surface area contributed by atoms with Crippen LogP contribution < -0.4 is 0 Å². The molecule has 9 nitrogen and oxygen atoms in total. The van der Waals surface area contributed by atoms with E-state index in [9.17, 15) is 9.90 Å². The summed E-state index contributed by atoms with van der Waals surface area (Å²) in [6.45, 7) is 1.73. The summed E-state index contributed by atoms with van der Waals surface area (Å²) in [5.74, 6) is 1.30. The van der Waals surface area contributed by atoms with Crippen molar-refractivity contribution in [2.75, 3.05) is 6.54 Å². The van der Waals surface area contributed by atoms with E-state index in [0.717, 1.165) is 16.9 Å². The molecule has 1 amide bonds. The molecule has 4 aromatic rings. The molecule has 9 heteroatoms. The zero-order valence-corrected chi connectivity index (χ0v) is 15.6. The molecule has 5 rings (SSSR count). The molecule has 1 aliphatic rings. The average Bonchev–Trinajstić information content (AvgIpc) is 3.46. The predicted octanol–water partition coefficient (Wildman–Crippen LogP) is 2.12. The molecule has 0 aliphatic carbocycles. The fourth-order valence-corrected chi connectivity index (χ4v) is 3.69. The highest BCUT2D eigenvalue weighted by atomic mass is 16.5. The largest absolute Gasteiger partial charge is 0.391 e. The van der Waals surface area contributed by atoms with Crippen LogP contribution in [0.25, 0.3) is 28.2 Å². The maximum atomic E-state index is 11.8. The van der Waals surface area contributed by atoms with E-state index in [0.29, 0.717) is 23.7 Å². The van der Waals surface area contributed by atoms with Gasteiger partial charge in [-0.15, -0.1) is 0 Å². The van der Waals surface area contributed by atoms with Gasteiger partial charge in [-0.1, -0.05) is 17.3 Å². The van der Waals surface area contributed by atoms with Gasteiger partial charge in [0, 0.05) is 31.6 Å². The van der Waals surface area contributed by atoms with Crippen molar-refractivity contribution in [1.29, 1.82) is 0 Å². The number of amides is 1. The maximum Gasteiger partial charge on any atom is 0.249 e. The number of hydrogen-bond acceptors (Lipinski definition) is 7. The van der Waals surface area contributed by atoms with Crippen molar-refractivity contribution >= 4 is 16.9 Å². The first-order valence-corrected chi connectivity index (χ1v) is 9.28. The second-order valence-corrected chi connectivity index (χ2v) is 7.04. The first-order chi connectivity index (χ1) is 14.1. The maximum absolute atomic E-state index is 11.8. The molecule has 146 valence electrons. The number of rotatable bonds is 3. The average molecular weight is 390 g/mol. The van der Waals surface area contributed by atoms with Crippen LogP contribution in [0.2, 0.25) is 0 Å². The van der Waals surface area contributed by atoms with Crippen molar-refractivity contribution in [3.63, 3.8) is 0 Å². The molecule has 1 N–H and O–H groups in total. The smallest absolute Gasteiger partial charge is 0.249 e.